The van der Waals surface area contributed by atoms with Crippen molar-refractivity contribution in [2.45, 2.75) is 26.3 Å². The van der Waals surface area contributed by atoms with Crippen LogP contribution in [-0.4, -0.2) is 41.2 Å². The van der Waals surface area contributed by atoms with E-state index < -0.39 is 16.8 Å². The normalized spacial score (nSPS) is 13.0. The lowest BCUT2D eigenvalue weighted by Gasteiger charge is -2.21. The fourth-order valence-corrected chi connectivity index (χ4v) is 2.52. The van der Waals surface area contributed by atoms with Gasteiger partial charge in [0.05, 0.1) is 19.1 Å². The molecule has 0 spiro atoms. The van der Waals surface area contributed by atoms with Gasteiger partial charge in [0.2, 0.25) is 11.8 Å². The number of hydrogen-bond acceptors (Lipinski definition) is 4. The number of nitrogens with one attached hydrogen (secondary N) is 2. The van der Waals surface area contributed by atoms with Gasteiger partial charge in [-0.2, -0.15) is 0 Å². The van der Waals surface area contributed by atoms with E-state index in [0.29, 0.717) is 24.7 Å². The van der Waals surface area contributed by atoms with Crippen molar-refractivity contribution in [2.24, 2.45) is 0 Å². The van der Waals surface area contributed by atoms with Gasteiger partial charge in [-0.05, 0) is 13.0 Å². The van der Waals surface area contributed by atoms with Gasteiger partial charge < -0.3 is 15.4 Å². The van der Waals surface area contributed by atoms with Crippen LogP contribution in [0.4, 0.5) is 0 Å². The van der Waals surface area contributed by atoms with Crippen LogP contribution >= 0.6 is 0 Å². The maximum Gasteiger partial charge on any atom is 0.222 e. The Morgan fingerprint density at radius 3 is 2.61 bits per heavy atom. The van der Waals surface area contributed by atoms with Crippen molar-refractivity contribution in [3.8, 4) is 5.75 Å². The largest absolute Gasteiger partial charge is 0.494 e. The average molecular weight is 340 g/mol. The molecule has 0 bridgehead atoms. The van der Waals surface area contributed by atoms with Gasteiger partial charge in [0, 0.05) is 41.8 Å². The van der Waals surface area contributed by atoms with Gasteiger partial charge in [0.15, 0.2) is 0 Å². The lowest BCUT2D eigenvalue weighted by atomic mass is 10.0. The summed E-state index contributed by atoms with van der Waals surface area (Å²) in [6.07, 6.45) is 1.69. The standard InChI is InChI=1S/C16H24N2O4S/c1-4-22-15-8-6-5-7-13(15)14(18-12(2)19)11-16(20)17-9-10-23(3)21/h5-8,14H,4,9-11H2,1-3H3,(H,17,20)(H,18,19). The highest BCUT2D eigenvalue weighted by Gasteiger charge is 2.20. The number of para-hydroxylation sites is 1. The van der Waals surface area contributed by atoms with E-state index in [1.165, 1.54) is 6.92 Å². The lowest BCUT2D eigenvalue weighted by Crippen LogP contribution is -2.34. The third-order valence-corrected chi connectivity index (χ3v) is 3.85. The smallest absolute Gasteiger partial charge is 0.222 e. The van der Waals surface area contributed by atoms with E-state index in [4.69, 9.17) is 4.74 Å². The molecular weight excluding hydrogens is 316 g/mol. The second-order valence-corrected chi connectivity index (χ2v) is 6.61. The van der Waals surface area contributed by atoms with Crippen molar-refractivity contribution in [2.75, 3.05) is 25.2 Å². The van der Waals surface area contributed by atoms with Gasteiger partial charge in [-0.3, -0.25) is 13.8 Å². The summed E-state index contributed by atoms with van der Waals surface area (Å²) in [5.41, 5.74) is 0.763. The average Bonchev–Trinajstić information content (AvgIpc) is 2.46. The molecule has 0 radical (unpaired) electrons. The molecule has 2 unspecified atom stereocenters. The van der Waals surface area contributed by atoms with Crippen LogP contribution in [-0.2, 0) is 20.4 Å². The van der Waals surface area contributed by atoms with E-state index in [0.717, 1.165) is 5.56 Å². The molecule has 2 atom stereocenters. The van der Waals surface area contributed by atoms with Crippen molar-refractivity contribution in [1.29, 1.82) is 0 Å². The Morgan fingerprint density at radius 1 is 1.30 bits per heavy atom. The molecule has 1 aromatic rings. The molecule has 0 heterocycles. The second-order valence-electron chi connectivity index (χ2n) is 5.06. The number of ether oxygens (including phenoxy) is 1. The van der Waals surface area contributed by atoms with Crippen LogP contribution in [0.5, 0.6) is 5.75 Å². The Bertz CT molecular complexity index is 563. The first-order valence-electron chi connectivity index (χ1n) is 7.49. The lowest BCUT2D eigenvalue weighted by molar-refractivity contribution is -0.122. The maximum atomic E-state index is 12.1. The van der Waals surface area contributed by atoms with E-state index in [9.17, 15) is 13.8 Å². The van der Waals surface area contributed by atoms with Gasteiger partial charge >= 0.3 is 0 Å². The highest BCUT2D eigenvalue weighted by Crippen LogP contribution is 2.27. The highest BCUT2D eigenvalue weighted by molar-refractivity contribution is 7.84. The summed E-state index contributed by atoms with van der Waals surface area (Å²) in [6, 6.07) is 6.86. The summed E-state index contributed by atoms with van der Waals surface area (Å²) in [5.74, 6) is 0.631. The molecule has 0 aliphatic rings. The van der Waals surface area contributed by atoms with Crippen LogP contribution in [0.3, 0.4) is 0 Å². The molecule has 2 N–H and O–H groups in total. The van der Waals surface area contributed by atoms with E-state index in [1.54, 1.807) is 6.26 Å². The fourth-order valence-electron chi connectivity index (χ4n) is 2.13. The second kappa shape index (κ2) is 9.99. The molecule has 6 nitrogen and oxygen atoms in total. The fraction of sp³-hybridized carbons (Fsp3) is 0.500. The first-order chi connectivity index (χ1) is 10.9. The number of carbonyl (C=O) groups is 2. The monoisotopic (exact) mass is 340 g/mol. The van der Waals surface area contributed by atoms with Crippen LogP contribution in [0, 0.1) is 0 Å². The Hall–Kier alpha value is -1.89. The predicted molar refractivity (Wildman–Crippen MR) is 90.7 cm³/mol. The predicted octanol–water partition coefficient (Wildman–Crippen LogP) is 1.15. The first-order valence-corrected chi connectivity index (χ1v) is 9.22. The minimum Gasteiger partial charge on any atom is -0.494 e. The van der Waals surface area contributed by atoms with Gasteiger partial charge in [-0.1, -0.05) is 18.2 Å². The summed E-state index contributed by atoms with van der Waals surface area (Å²) >= 11 is 0. The molecule has 0 fully saturated rings. The van der Waals surface area contributed by atoms with Crippen LogP contribution in [0.25, 0.3) is 0 Å². The van der Waals surface area contributed by atoms with Crippen molar-refractivity contribution >= 4 is 22.6 Å². The summed E-state index contributed by atoms with van der Waals surface area (Å²) in [5, 5.41) is 5.50. The molecule has 2 amide bonds. The molecule has 0 saturated carbocycles. The van der Waals surface area contributed by atoms with E-state index in [2.05, 4.69) is 10.6 Å². The summed E-state index contributed by atoms with van der Waals surface area (Å²) in [4.78, 5) is 23.5. The molecule has 0 aliphatic carbocycles. The van der Waals surface area contributed by atoms with Gasteiger partial charge in [-0.25, -0.2) is 0 Å². The van der Waals surface area contributed by atoms with Gasteiger partial charge in [0.25, 0.3) is 0 Å². The SMILES string of the molecule is CCOc1ccccc1C(CC(=O)NCCS(C)=O)NC(C)=O. The van der Waals surface area contributed by atoms with E-state index in [1.807, 2.05) is 31.2 Å². The summed E-state index contributed by atoms with van der Waals surface area (Å²) in [7, 11) is -0.951. The summed E-state index contributed by atoms with van der Waals surface area (Å²) < 4.78 is 16.6. The number of amides is 2. The number of carbonyl (C=O) groups excluding carboxylic acids is 2. The van der Waals surface area contributed by atoms with Crippen molar-refractivity contribution in [1.82, 2.24) is 10.6 Å². The number of rotatable bonds is 9. The zero-order chi connectivity index (χ0) is 17.2. The Labute approximate surface area is 139 Å². The Balaban J connectivity index is 2.82. The van der Waals surface area contributed by atoms with Gasteiger partial charge in [-0.15, -0.1) is 0 Å². The Kier molecular flexibility index (Phi) is 8.32. The minimum atomic E-state index is -0.951. The first kappa shape index (κ1) is 19.2. The molecule has 1 aromatic carbocycles. The van der Waals surface area contributed by atoms with Crippen LogP contribution in [0.15, 0.2) is 24.3 Å². The van der Waals surface area contributed by atoms with E-state index >= 15 is 0 Å². The van der Waals surface area contributed by atoms with Crippen molar-refractivity contribution < 1.29 is 18.5 Å². The molecule has 128 valence electrons. The molecule has 0 saturated heterocycles. The zero-order valence-electron chi connectivity index (χ0n) is 13.8. The van der Waals surface area contributed by atoms with E-state index in [-0.39, 0.29) is 18.2 Å². The molecule has 1 rings (SSSR count). The molecule has 7 heteroatoms. The Morgan fingerprint density at radius 2 is 2.00 bits per heavy atom. The van der Waals surface area contributed by atoms with Crippen LogP contribution < -0.4 is 15.4 Å². The molecular formula is C16H24N2O4S. The zero-order valence-corrected chi connectivity index (χ0v) is 14.6. The van der Waals surface area contributed by atoms with Crippen LogP contribution in [0.2, 0.25) is 0 Å². The molecule has 0 aliphatic heterocycles. The molecule has 23 heavy (non-hydrogen) atoms. The third-order valence-electron chi connectivity index (χ3n) is 3.07. The van der Waals surface area contributed by atoms with Crippen molar-refractivity contribution in [3.63, 3.8) is 0 Å². The summed E-state index contributed by atoms with van der Waals surface area (Å²) in [6.45, 7) is 4.14. The minimum absolute atomic E-state index is 0.0972. The third kappa shape index (κ3) is 7.27. The topological polar surface area (TPSA) is 84.5 Å². The maximum absolute atomic E-state index is 12.1. The van der Waals surface area contributed by atoms with Crippen LogP contribution in [0.1, 0.15) is 31.9 Å². The van der Waals surface area contributed by atoms with Crippen molar-refractivity contribution in [3.05, 3.63) is 29.8 Å². The van der Waals surface area contributed by atoms with Gasteiger partial charge in [0.1, 0.15) is 5.75 Å². The number of hydrogen-bond donors (Lipinski definition) is 2. The molecule has 0 aromatic heterocycles. The highest BCUT2D eigenvalue weighted by atomic mass is 32.2. The quantitative estimate of drug-likeness (QED) is 0.706. The number of benzene rings is 1.